The monoisotopic (exact) mass is 348 g/mol. The molecule has 0 saturated carbocycles. The van der Waals surface area contributed by atoms with Crippen LogP contribution in [0.3, 0.4) is 0 Å². The van der Waals surface area contributed by atoms with Crippen molar-refractivity contribution in [2.24, 2.45) is 5.73 Å². The maximum atomic E-state index is 11.0. The first-order valence-electron chi connectivity index (χ1n) is 8.25. The Labute approximate surface area is 151 Å². The first kappa shape index (κ1) is 17.5. The maximum absolute atomic E-state index is 11.0. The molecule has 0 amide bonds. The number of aromatic carboxylic acids is 1. The van der Waals surface area contributed by atoms with Gasteiger partial charge in [-0.3, -0.25) is 0 Å². The average Bonchev–Trinajstić information content (AvgIpc) is 2.66. The van der Waals surface area contributed by atoms with Crippen LogP contribution in [0.5, 0.6) is 5.75 Å². The quantitative estimate of drug-likeness (QED) is 0.543. The van der Waals surface area contributed by atoms with Crippen molar-refractivity contribution in [3.05, 3.63) is 83.4 Å². The van der Waals surface area contributed by atoms with E-state index >= 15 is 0 Å². The van der Waals surface area contributed by atoms with Crippen molar-refractivity contribution in [3.8, 4) is 16.9 Å². The second kappa shape index (κ2) is 7.72. The molecule has 0 atom stereocenters. The summed E-state index contributed by atoms with van der Waals surface area (Å²) < 4.78 is 0. The molecule has 132 valence electrons. The van der Waals surface area contributed by atoms with Crippen LogP contribution in [0, 0.1) is 0 Å². The minimum atomic E-state index is -1.14. The van der Waals surface area contributed by atoms with E-state index in [4.69, 9.17) is 10.8 Å². The zero-order chi connectivity index (χ0) is 18.5. The van der Waals surface area contributed by atoms with Crippen LogP contribution >= 0.6 is 0 Å². The molecule has 0 aromatic heterocycles. The van der Waals surface area contributed by atoms with Gasteiger partial charge in [0.05, 0.1) is 0 Å². The van der Waals surface area contributed by atoms with Crippen LogP contribution in [0.25, 0.3) is 11.1 Å². The summed E-state index contributed by atoms with van der Waals surface area (Å²) in [6.45, 7) is 1.19. The van der Waals surface area contributed by atoms with Gasteiger partial charge in [-0.15, -0.1) is 0 Å². The Morgan fingerprint density at radius 2 is 1.65 bits per heavy atom. The Hall–Kier alpha value is -3.31. The molecular weight excluding hydrogens is 328 g/mol. The van der Waals surface area contributed by atoms with Gasteiger partial charge in [0.15, 0.2) is 0 Å². The molecule has 0 bridgehead atoms. The molecule has 3 aromatic rings. The van der Waals surface area contributed by atoms with Gasteiger partial charge in [0, 0.05) is 18.8 Å². The summed E-state index contributed by atoms with van der Waals surface area (Å²) in [6.07, 6.45) is 0. The number of carbonyl (C=O) groups is 1. The highest BCUT2D eigenvalue weighted by Gasteiger charge is 2.10. The highest BCUT2D eigenvalue weighted by molar-refractivity contribution is 5.91. The molecule has 0 aliphatic rings. The largest absolute Gasteiger partial charge is 0.507 e. The van der Waals surface area contributed by atoms with Crippen LogP contribution in [0.2, 0.25) is 0 Å². The summed E-state index contributed by atoms with van der Waals surface area (Å²) in [6, 6.07) is 20.4. The minimum Gasteiger partial charge on any atom is -0.507 e. The Kier molecular flexibility index (Phi) is 5.20. The lowest BCUT2D eigenvalue weighted by Crippen LogP contribution is -2.01. The Balaban J connectivity index is 1.70. The number of aromatic hydroxyl groups is 1. The Morgan fingerprint density at radius 1 is 0.923 bits per heavy atom. The fourth-order valence-corrected chi connectivity index (χ4v) is 2.72. The van der Waals surface area contributed by atoms with Crippen molar-refractivity contribution >= 4 is 11.7 Å². The first-order chi connectivity index (χ1) is 12.6. The van der Waals surface area contributed by atoms with Gasteiger partial charge in [0.25, 0.3) is 0 Å². The molecule has 0 fully saturated rings. The lowest BCUT2D eigenvalue weighted by atomic mass is 10.0. The van der Waals surface area contributed by atoms with Crippen molar-refractivity contribution in [1.29, 1.82) is 0 Å². The van der Waals surface area contributed by atoms with Gasteiger partial charge in [0.2, 0.25) is 0 Å². The number of nitrogens with one attached hydrogen (secondary N) is 1. The molecule has 0 unspecified atom stereocenters. The summed E-state index contributed by atoms with van der Waals surface area (Å²) in [5.74, 6) is -1.38. The van der Waals surface area contributed by atoms with E-state index in [0.29, 0.717) is 13.1 Å². The summed E-state index contributed by atoms with van der Waals surface area (Å²) >= 11 is 0. The number of phenols is 1. The number of carboxylic acids is 1. The molecule has 5 heteroatoms. The molecule has 0 saturated heterocycles. The molecule has 3 aromatic carbocycles. The second-order valence-corrected chi connectivity index (χ2v) is 5.99. The smallest absolute Gasteiger partial charge is 0.339 e. The van der Waals surface area contributed by atoms with Crippen molar-refractivity contribution in [3.63, 3.8) is 0 Å². The van der Waals surface area contributed by atoms with Gasteiger partial charge in [-0.05, 0) is 46.5 Å². The predicted octanol–water partition coefficient (Wildman–Crippen LogP) is 3.83. The normalized spacial score (nSPS) is 10.5. The number of anilines is 1. The van der Waals surface area contributed by atoms with E-state index in [1.807, 2.05) is 48.5 Å². The standard InChI is InChI=1S/C21H20N2O3/c22-12-15-2-1-3-18(10-15)23-13-14-4-6-16(7-5-14)17-8-9-19(21(25)26)20(24)11-17/h1-11,23-24H,12-13,22H2,(H,25,26). The van der Waals surface area contributed by atoms with E-state index in [0.717, 1.165) is 27.9 Å². The third-order valence-electron chi connectivity index (χ3n) is 4.17. The van der Waals surface area contributed by atoms with Gasteiger partial charge >= 0.3 is 5.97 Å². The van der Waals surface area contributed by atoms with Gasteiger partial charge in [0.1, 0.15) is 11.3 Å². The third kappa shape index (κ3) is 4.02. The number of benzene rings is 3. The van der Waals surface area contributed by atoms with Gasteiger partial charge in [-0.2, -0.15) is 0 Å². The fraction of sp³-hybridized carbons (Fsp3) is 0.0952. The zero-order valence-electron chi connectivity index (χ0n) is 14.1. The van der Waals surface area contributed by atoms with Gasteiger partial charge in [-0.1, -0.05) is 42.5 Å². The lowest BCUT2D eigenvalue weighted by molar-refractivity contribution is 0.0694. The molecule has 0 aliphatic carbocycles. The molecule has 0 spiro atoms. The topological polar surface area (TPSA) is 95.6 Å². The second-order valence-electron chi connectivity index (χ2n) is 5.99. The van der Waals surface area contributed by atoms with Crippen LogP contribution in [0.15, 0.2) is 66.7 Å². The Morgan fingerprint density at radius 3 is 2.31 bits per heavy atom. The maximum Gasteiger partial charge on any atom is 0.339 e. The van der Waals surface area contributed by atoms with Crippen molar-refractivity contribution in [2.45, 2.75) is 13.1 Å². The van der Waals surface area contributed by atoms with Crippen molar-refractivity contribution in [1.82, 2.24) is 0 Å². The van der Waals surface area contributed by atoms with Crippen LogP contribution in [0.4, 0.5) is 5.69 Å². The van der Waals surface area contributed by atoms with Gasteiger partial charge in [-0.25, -0.2) is 4.79 Å². The fourth-order valence-electron chi connectivity index (χ4n) is 2.72. The SMILES string of the molecule is NCc1cccc(NCc2ccc(-c3ccc(C(=O)O)c(O)c3)cc2)c1. The minimum absolute atomic E-state index is 0.103. The average molecular weight is 348 g/mol. The van der Waals surface area contributed by atoms with E-state index in [1.165, 1.54) is 12.1 Å². The summed E-state index contributed by atoms with van der Waals surface area (Å²) in [4.78, 5) is 11.0. The van der Waals surface area contributed by atoms with Crippen LogP contribution in [0.1, 0.15) is 21.5 Å². The number of rotatable bonds is 6. The highest BCUT2D eigenvalue weighted by atomic mass is 16.4. The van der Waals surface area contributed by atoms with Crippen LogP contribution < -0.4 is 11.1 Å². The molecule has 0 aliphatic heterocycles. The summed E-state index contributed by atoms with van der Waals surface area (Å²) in [7, 11) is 0. The Bertz CT molecular complexity index is 921. The molecule has 3 rings (SSSR count). The number of carboxylic acid groups (broad SMARTS) is 1. The molecule has 5 N–H and O–H groups in total. The summed E-state index contributed by atoms with van der Waals surface area (Å²) in [5.41, 5.74) is 10.4. The van der Waals surface area contributed by atoms with Gasteiger partial charge < -0.3 is 21.3 Å². The van der Waals surface area contributed by atoms with E-state index in [-0.39, 0.29) is 11.3 Å². The molecule has 0 radical (unpaired) electrons. The number of hydrogen-bond donors (Lipinski definition) is 4. The molecule has 5 nitrogen and oxygen atoms in total. The van der Waals surface area contributed by atoms with E-state index < -0.39 is 5.97 Å². The van der Waals surface area contributed by atoms with Crippen LogP contribution in [-0.2, 0) is 13.1 Å². The zero-order valence-corrected chi connectivity index (χ0v) is 14.1. The van der Waals surface area contributed by atoms with Crippen molar-refractivity contribution in [2.75, 3.05) is 5.32 Å². The van der Waals surface area contributed by atoms with E-state index in [1.54, 1.807) is 6.07 Å². The predicted molar refractivity (Wildman–Crippen MR) is 102 cm³/mol. The number of hydrogen-bond acceptors (Lipinski definition) is 4. The number of nitrogens with two attached hydrogens (primary N) is 1. The van der Waals surface area contributed by atoms with Crippen molar-refractivity contribution < 1.29 is 15.0 Å². The summed E-state index contributed by atoms with van der Waals surface area (Å²) in [5, 5.41) is 22.2. The van der Waals surface area contributed by atoms with Crippen LogP contribution in [-0.4, -0.2) is 16.2 Å². The third-order valence-corrected chi connectivity index (χ3v) is 4.17. The first-order valence-corrected chi connectivity index (χ1v) is 8.25. The molecule has 26 heavy (non-hydrogen) atoms. The molecular formula is C21H20N2O3. The van der Waals surface area contributed by atoms with E-state index in [2.05, 4.69) is 5.32 Å². The van der Waals surface area contributed by atoms with E-state index in [9.17, 15) is 9.90 Å². The highest BCUT2D eigenvalue weighted by Crippen LogP contribution is 2.27. The lowest BCUT2D eigenvalue weighted by Gasteiger charge is -2.09. The molecule has 0 heterocycles.